The van der Waals surface area contributed by atoms with E-state index in [1.165, 1.54) is 16.0 Å². The lowest BCUT2D eigenvalue weighted by Gasteiger charge is -2.10. The summed E-state index contributed by atoms with van der Waals surface area (Å²) >= 11 is 5.14. The standard InChI is InChI=1S/C15H15BrOS/c1-10-3-4-11(2)15(7-10)18-14-6-5-13(16)8-12(14)9-17/h3-8,17H,9H2,1-2H3. The number of aliphatic hydroxyl groups excluding tert-OH is 1. The van der Waals surface area contributed by atoms with Crippen LogP contribution in [0.4, 0.5) is 0 Å². The highest BCUT2D eigenvalue weighted by molar-refractivity contribution is 9.10. The van der Waals surface area contributed by atoms with Crippen LogP contribution in [0.25, 0.3) is 0 Å². The first-order chi connectivity index (χ1) is 8.60. The van der Waals surface area contributed by atoms with Gasteiger partial charge in [0.2, 0.25) is 0 Å². The van der Waals surface area contributed by atoms with E-state index in [0.29, 0.717) is 0 Å². The van der Waals surface area contributed by atoms with Gasteiger partial charge in [0.25, 0.3) is 0 Å². The maximum atomic E-state index is 9.41. The van der Waals surface area contributed by atoms with Crippen LogP contribution in [0.15, 0.2) is 50.7 Å². The summed E-state index contributed by atoms with van der Waals surface area (Å²) < 4.78 is 0.997. The molecule has 0 saturated carbocycles. The number of benzene rings is 2. The van der Waals surface area contributed by atoms with Gasteiger partial charge in [-0.05, 0) is 54.8 Å². The zero-order valence-corrected chi connectivity index (χ0v) is 12.8. The van der Waals surface area contributed by atoms with Crippen molar-refractivity contribution in [2.45, 2.75) is 30.2 Å². The first-order valence-electron chi connectivity index (χ1n) is 5.74. The van der Waals surface area contributed by atoms with Crippen molar-refractivity contribution >= 4 is 27.7 Å². The molecule has 18 heavy (non-hydrogen) atoms. The summed E-state index contributed by atoms with van der Waals surface area (Å²) in [6, 6.07) is 12.5. The molecule has 1 N–H and O–H groups in total. The van der Waals surface area contributed by atoms with Crippen LogP contribution < -0.4 is 0 Å². The Bertz CT molecular complexity index is 566. The topological polar surface area (TPSA) is 20.2 Å². The van der Waals surface area contributed by atoms with E-state index < -0.39 is 0 Å². The minimum atomic E-state index is 0.0621. The highest BCUT2D eigenvalue weighted by atomic mass is 79.9. The van der Waals surface area contributed by atoms with Crippen LogP contribution in [0.5, 0.6) is 0 Å². The molecule has 0 bridgehead atoms. The third-order valence-electron chi connectivity index (χ3n) is 2.76. The number of hydrogen-bond acceptors (Lipinski definition) is 2. The zero-order chi connectivity index (χ0) is 13.1. The predicted molar refractivity (Wildman–Crippen MR) is 80.1 cm³/mol. The highest BCUT2D eigenvalue weighted by Crippen LogP contribution is 2.34. The lowest BCUT2D eigenvalue weighted by atomic mass is 10.2. The van der Waals surface area contributed by atoms with E-state index in [1.807, 2.05) is 18.2 Å². The Balaban J connectivity index is 2.36. The average Bonchev–Trinajstić information content (AvgIpc) is 2.36. The molecule has 0 aliphatic carbocycles. The van der Waals surface area contributed by atoms with E-state index >= 15 is 0 Å². The van der Waals surface area contributed by atoms with E-state index in [-0.39, 0.29) is 6.61 Å². The summed E-state index contributed by atoms with van der Waals surface area (Å²) in [6.45, 7) is 4.27. The van der Waals surface area contributed by atoms with Crippen LogP contribution in [0.1, 0.15) is 16.7 Å². The SMILES string of the molecule is Cc1ccc(C)c(Sc2ccc(Br)cc2CO)c1. The predicted octanol–water partition coefficient (Wildman–Crippen LogP) is 4.71. The summed E-state index contributed by atoms with van der Waals surface area (Å²) in [5.41, 5.74) is 3.47. The molecule has 0 atom stereocenters. The summed E-state index contributed by atoms with van der Waals surface area (Å²) in [5.74, 6) is 0. The van der Waals surface area contributed by atoms with Gasteiger partial charge in [0.05, 0.1) is 6.61 Å². The van der Waals surface area contributed by atoms with Gasteiger partial charge in [-0.15, -0.1) is 0 Å². The molecule has 0 aromatic heterocycles. The van der Waals surface area contributed by atoms with Gasteiger partial charge >= 0.3 is 0 Å². The van der Waals surface area contributed by atoms with E-state index in [4.69, 9.17) is 0 Å². The minimum Gasteiger partial charge on any atom is -0.392 e. The van der Waals surface area contributed by atoms with E-state index in [1.54, 1.807) is 11.8 Å². The van der Waals surface area contributed by atoms with E-state index in [0.717, 1.165) is 14.9 Å². The van der Waals surface area contributed by atoms with E-state index in [9.17, 15) is 5.11 Å². The fourth-order valence-corrected chi connectivity index (χ4v) is 3.22. The molecule has 0 amide bonds. The Hall–Kier alpha value is -0.770. The highest BCUT2D eigenvalue weighted by Gasteiger charge is 2.07. The Labute approximate surface area is 120 Å². The van der Waals surface area contributed by atoms with Gasteiger partial charge in [-0.25, -0.2) is 0 Å². The van der Waals surface area contributed by atoms with Gasteiger partial charge in [-0.3, -0.25) is 0 Å². The minimum absolute atomic E-state index is 0.0621. The molecule has 2 aromatic carbocycles. The lowest BCUT2D eigenvalue weighted by Crippen LogP contribution is -1.89. The van der Waals surface area contributed by atoms with Crippen molar-refractivity contribution in [3.05, 3.63) is 57.6 Å². The second-order valence-electron chi connectivity index (χ2n) is 4.28. The first kappa shape index (κ1) is 13.7. The van der Waals surface area contributed by atoms with Crippen LogP contribution >= 0.6 is 27.7 Å². The van der Waals surface area contributed by atoms with Gasteiger partial charge in [0.1, 0.15) is 0 Å². The molecule has 0 fully saturated rings. The van der Waals surface area contributed by atoms with Crippen LogP contribution in [0, 0.1) is 13.8 Å². The second-order valence-corrected chi connectivity index (χ2v) is 6.28. The summed E-state index contributed by atoms with van der Waals surface area (Å²) in [7, 11) is 0. The van der Waals surface area contributed by atoms with Crippen LogP contribution in [-0.2, 0) is 6.61 Å². The smallest absolute Gasteiger partial charge is 0.0693 e. The molecule has 0 spiro atoms. The molecule has 3 heteroatoms. The van der Waals surface area contributed by atoms with E-state index in [2.05, 4.69) is 48.0 Å². The van der Waals surface area contributed by atoms with Crippen molar-refractivity contribution in [1.82, 2.24) is 0 Å². The number of aryl methyl sites for hydroxylation is 2. The van der Waals surface area contributed by atoms with Crippen LogP contribution in [-0.4, -0.2) is 5.11 Å². The molecule has 0 aliphatic heterocycles. The Morgan fingerprint density at radius 1 is 1.06 bits per heavy atom. The Morgan fingerprint density at radius 3 is 2.56 bits per heavy atom. The number of aliphatic hydroxyl groups is 1. The normalized spacial score (nSPS) is 10.7. The zero-order valence-electron chi connectivity index (χ0n) is 10.4. The molecular formula is C15H15BrOS. The number of hydrogen-bond donors (Lipinski definition) is 1. The maximum absolute atomic E-state index is 9.41. The Morgan fingerprint density at radius 2 is 1.83 bits per heavy atom. The van der Waals surface area contributed by atoms with Crippen molar-refractivity contribution < 1.29 is 5.11 Å². The Kier molecular flexibility index (Phi) is 4.49. The quantitative estimate of drug-likeness (QED) is 0.883. The molecule has 94 valence electrons. The fraction of sp³-hybridized carbons (Fsp3) is 0.200. The first-order valence-corrected chi connectivity index (χ1v) is 7.35. The van der Waals surface area contributed by atoms with Crippen molar-refractivity contribution in [2.24, 2.45) is 0 Å². The molecule has 0 heterocycles. The van der Waals surface area contributed by atoms with Crippen molar-refractivity contribution in [3.8, 4) is 0 Å². The van der Waals surface area contributed by atoms with Crippen molar-refractivity contribution in [2.75, 3.05) is 0 Å². The summed E-state index contributed by atoms with van der Waals surface area (Å²) in [4.78, 5) is 2.35. The molecule has 0 aliphatic rings. The summed E-state index contributed by atoms with van der Waals surface area (Å²) in [5, 5.41) is 9.41. The van der Waals surface area contributed by atoms with Gasteiger partial charge in [0.15, 0.2) is 0 Å². The van der Waals surface area contributed by atoms with Gasteiger partial charge in [0, 0.05) is 14.3 Å². The van der Waals surface area contributed by atoms with Gasteiger partial charge < -0.3 is 5.11 Å². The molecule has 0 radical (unpaired) electrons. The molecule has 1 nitrogen and oxygen atoms in total. The number of rotatable bonds is 3. The number of halogens is 1. The van der Waals surface area contributed by atoms with Gasteiger partial charge in [-0.2, -0.15) is 0 Å². The summed E-state index contributed by atoms with van der Waals surface area (Å²) in [6.07, 6.45) is 0. The fourth-order valence-electron chi connectivity index (χ4n) is 1.71. The van der Waals surface area contributed by atoms with Crippen molar-refractivity contribution in [3.63, 3.8) is 0 Å². The molecule has 0 saturated heterocycles. The second kappa shape index (κ2) is 5.91. The third kappa shape index (κ3) is 3.16. The molecule has 2 rings (SSSR count). The van der Waals surface area contributed by atoms with Crippen molar-refractivity contribution in [1.29, 1.82) is 0 Å². The molecular weight excluding hydrogens is 308 g/mol. The molecule has 0 unspecified atom stereocenters. The average molecular weight is 323 g/mol. The molecule has 2 aromatic rings. The monoisotopic (exact) mass is 322 g/mol. The third-order valence-corrected chi connectivity index (χ3v) is 4.53. The van der Waals surface area contributed by atoms with Crippen LogP contribution in [0.3, 0.4) is 0 Å². The lowest BCUT2D eigenvalue weighted by molar-refractivity contribution is 0.279. The van der Waals surface area contributed by atoms with Gasteiger partial charge in [-0.1, -0.05) is 39.8 Å². The maximum Gasteiger partial charge on any atom is 0.0693 e. The van der Waals surface area contributed by atoms with Crippen LogP contribution in [0.2, 0.25) is 0 Å². The largest absolute Gasteiger partial charge is 0.392 e.